The van der Waals surface area contributed by atoms with Crippen molar-refractivity contribution in [2.45, 2.75) is 30.7 Å². The lowest BCUT2D eigenvalue weighted by Gasteiger charge is -2.24. The molecular weight excluding hydrogens is 318 g/mol. The topological polar surface area (TPSA) is 121 Å². The van der Waals surface area contributed by atoms with Crippen molar-refractivity contribution in [3.05, 3.63) is 0 Å². The third-order valence-corrected chi connectivity index (χ3v) is 4.33. The van der Waals surface area contributed by atoms with E-state index >= 15 is 0 Å². The number of nitrogens with one attached hydrogen (secondary N) is 3. The summed E-state index contributed by atoms with van der Waals surface area (Å²) >= 11 is 0. The molecule has 24 heavy (non-hydrogen) atoms. The number of hydrogen-bond donors (Lipinski definition) is 3. The van der Waals surface area contributed by atoms with E-state index in [2.05, 4.69) is 21.2 Å². The standard InChI is InChI=1S/C14H21N5O5/c20-9-15-7-12(21)19-8-14(23-3-4-24-14)5-11(19)13(22)16-6-10-1-2-17-18-10/h2,9-11,18H,1,3-8H2,(H,15,20)(H,16,22). The maximum Gasteiger partial charge on any atom is 0.243 e. The monoisotopic (exact) mass is 339 g/mol. The molecule has 2 fully saturated rings. The van der Waals surface area contributed by atoms with Crippen LogP contribution in [0.4, 0.5) is 0 Å². The molecule has 132 valence electrons. The second-order valence-corrected chi connectivity index (χ2v) is 5.97. The van der Waals surface area contributed by atoms with Gasteiger partial charge in [-0.15, -0.1) is 0 Å². The van der Waals surface area contributed by atoms with E-state index in [4.69, 9.17) is 9.47 Å². The first kappa shape index (κ1) is 16.7. The van der Waals surface area contributed by atoms with Gasteiger partial charge in [0.1, 0.15) is 6.04 Å². The van der Waals surface area contributed by atoms with Gasteiger partial charge in [-0.1, -0.05) is 0 Å². The summed E-state index contributed by atoms with van der Waals surface area (Å²) in [6.07, 6.45) is 3.23. The van der Waals surface area contributed by atoms with Crippen molar-refractivity contribution in [2.24, 2.45) is 5.10 Å². The zero-order valence-electron chi connectivity index (χ0n) is 13.2. The van der Waals surface area contributed by atoms with Crippen molar-refractivity contribution in [2.75, 3.05) is 32.8 Å². The van der Waals surface area contributed by atoms with E-state index < -0.39 is 11.8 Å². The van der Waals surface area contributed by atoms with Gasteiger partial charge >= 0.3 is 0 Å². The minimum atomic E-state index is -0.923. The lowest BCUT2D eigenvalue weighted by atomic mass is 10.1. The van der Waals surface area contributed by atoms with Crippen LogP contribution in [0.2, 0.25) is 0 Å². The quantitative estimate of drug-likeness (QED) is 0.462. The molecule has 0 aromatic heterocycles. The summed E-state index contributed by atoms with van der Waals surface area (Å²) in [5.74, 6) is -1.53. The van der Waals surface area contributed by atoms with Gasteiger partial charge in [0.2, 0.25) is 18.2 Å². The highest BCUT2D eigenvalue weighted by Gasteiger charge is 2.52. The Hall–Kier alpha value is -2.20. The summed E-state index contributed by atoms with van der Waals surface area (Å²) in [6.45, 7) is 1.30. The highest BCUT2D eigenvalue weighted by molar-refractivity contribution is 5.89. The van der Waals surface area contributed by atoms with Gasteiger partial charge < -0.3 is 30.4 Å². The molecule has 0 aromatic carbocycles. The van der Waals surface area contributed by atoms with Crippen LogP contribution in [0.15, 0.2) is 5.10 Å². The molecule has 0 aliphatic carbocycles. The fourth-order valence-electron chi connectivity index (χ4n) is 3.13. The van der Waals surface area contributed by atoms with Crippen LogP contribution in [0.1, 0.15) is 12.8 Å². The van der Waals surface area contributed by atoms with Gasteiger partial charge in [0.05, 0.1) is 32.3 Å². The van der Waals surface area contributed by atoms with E-state index in [9.17, 15) is 14.4 Å². The Morgan fingerprint density at radius 3 is 2.88 bits per heavy atom. The van der Waals surface area contributed by atoms with E-state index in [0.717, 1.165) is 6.42 Å². The third-order valence-electron chi connectivity index (χ3n) is 4.33. The summed E-state index contributed by atoms with van der Waals surface area (Å²) in [7, 11) is 0. The lowest BCUT2D eigenvalue weighted by molar-refractivity contribution is -0.152. The minimum absolute atomic E-state index is 0.0594. The molecule has 3 amide bonds. The van der Waals surface area contributed by atoms with Crippen LogP contribution in [0.5, 0.6) is 0 Å². The summed E-state index contributed by atoms with van der Waals surface area (Å²) in [4.78, 5) is 36.7. The first-order valence-electron chi connectivity index (χ1n) is 7.93. The Labute approximate surface area is 138 Å². The van der Waals surface area contributed by atoms with Crippen LogP contribution in [-0.2, 0) is 23.9 Å². The van der Waals surface area contributed by atoms with Crippen LogP contribution >= 0.6 is 0 Å². The van der Waals surface area contributed by atoms with Crippen LogP contribution in [0.25, 0.3) is 0 Å². The van der Waals surface area contributed by atoms with E-state index in [1.54, 1.807) is 6.21 Å². The molecule has 10 heteroatoms. The van der Waals surface area contributed by atoms with Gasteiger partial charge in [0.25, 0.3) is 0 Å². The molecular formula is C14H21N5O5. The van der Waals surface area contributed by atoms with Crippen LogP contribution in [-0.4, -0.2) is 80.1 Å². The number of likely N-dealkylation sites (tertiary alicyclic amines) is 1. The Morgan fingerprint density at radius 1 is 1.42 bits per heavy atom. The fourth-order valence-corrected chi connectivity index (χ4v) is 3.13. The normalized spacial score (nSPS) is 27.2. The van der Waals surface area contributed by atoms with Crippen molar-refractivity contribution >= 4 is 24.4 Å². The number of carbonyl (C=O) groups is 3. The summed E-state index contributed by atoms with van der Waals surface area (Å²) in [5, 5.41) is 9.07. The van der Waals surface area contributed by atoms with Crippen LogP contribution in [0.3, 0.4) is 0 Å². The third kappa shape index (κ3) is 3.49. The number of amides is 3. The van der Waals surface area contributed by atoms with E-state index in [0.29, 0.717) is 26.2 Å². The number of hydrazone groups is 1. The van der Waals surface area contributed by atoms with Crippen LogP contribution in [0, 0.1) is 0 Å². The zero-order valence-corrected chi connectivity index (χ0v) is 13.2. The highest BCUT2D eigenvalue weighted by atomic mass is 16.7. The van der Waals surface area contributed by atoms with Crippen LogP contribution < -0.4 is 16.1 Å². The zero-order chi connectivity index (χ0) is 17.0. The average Bonchev–Trinajstić information content (AvgIpc) is 3.32. The lowest BCUT2D eigenvalue weighted by Crippen LogP contribution is -2.50. The predicted octanol–water partition coefficient (Wildman–Crippen LogP) is -2.46. The summed E-state index contributed by atoms with van der Waals surface area (Å²) in [6, 6.07) is -0.629. The Kier molecular flexibility index (Phi) is 4.95. The summed E-state index contributed by atoms with van der Waals surface area (Å²) < 4.78 is 11.3. The molecule has 3 rings (SSSR count). The van der Waals surface area contributed by atoms with Crippen molar-refractivity contribution in [1.82, 2.24) is 21.0 Å². The van der Waals surface area contributed by atoms with E-state index in [1.807, 2.05) is 0 Å². The number of hydrogen-bond acceptors (Lipinski definition) is 7. The summed E-state index contributed by atoms with van der Waals surface area (Å²) in [5.41, 5.74) is 2.89. The molecule has 3 N–H and O–H groups in total. The molecule has 0 aromatic rings. The maximum absolute atomic E-state index is 12.6. The molecule has 0 bridgehead atoms. The largest absolute Gasteiger partial charge is 0.352 e. The van der Waals surface area contributed by atoms with Gasteiger partial charge in [-0.2, -0.15) is 5.10 Å². The number of rotatable bonds is 6. The van der Waals surface area contributed by atoms with Gasteiger partial charge in [-0.3, -0.25) is 14.4 Å². The second-order valence-electron chi connectivity index (χ2n) is 5.97. The first-order chi connectivity index (χ1) is 11.6. The molecule has 0 saturated carbocycles. The van der Waals surface area contributed by atoms with Crippen molar-refractivity contribution in [3.63, 3.8) is 0 Å². The first-order valence-corrected chi connectivity index (χ1v) is 7.93. The molecule has 2 saturated heterocycles. The van der Waals surface area contributed by atoms with E-state index in [-0.39, 0.29) is 37.4 Å². The van der Waals surface area contributed by atoms with E-state index in [1.165, 1.54) is 4.90 Å². The minimum Gasteiger partial charge on any atom is -0.352 e. The number of carbonyl (C=O) groups excluding carboxylic acids is 3. The Balaban J connectivity index is 1.63. The highest BCUT2D eigenvalue weighted by Crippen LogP contribution is 2.34. The number of ether oxygens (including phenoxy) is 2. The molecule has 2 unspecified atom stereocenters. The molecule has 3 aliphatic heterocycles. The van der Waals surface area contributed by atoms with Gasteiger partial charge in [0.15, 0.2) is 5.79 Å². The van der Waals surface area contributed by atoms with Gasteiger partial charge in [-0.25, -0.2) is 0 Å². The van der Waals surface area contributed by atoms with Gasteiger partial charge in [0, 0.05) is 25.6 Å². The second kappa shape index (κ2) is 7.14. The number of nitrogens with zero attached hydrogens (tertiary/aromatic N) is 2. The maximum atomic E-state index is 12.6. The predicted molar refractivity (Wildman–Crippen MR) is 81.9 cm³/mol. The molecule has 0 radical (unpaired) electrons. The molecule has 10 nitrogen and oxygen atoms in total. The van der Waals surface area contributed by atoms with Crippen molar-refractivity contribution in [3.8, 4) is 0 Å². The van der Waals surface area contributed by atoms with Crippen molar-refractivity contribution in [1.29, 1.82) is 0 Å². The molecule has 2 atom stereocenters. The fraction of sp³-hybridized carbons (Fsp3) is 0.714. The van der Waals surface area contributed by atoms with Gasteiger partial charge in [-0.05, 0) is 0 Å². The Bertz CT molecular complexity index is 526. The smallest absolute Gasteiger partial charge is 0.243 e. The SMILES string of the molecule is O=CNCC(=O)N1CC2(CC1C(=O)NCC1CC=NN1)OCCO2. The Morgan fingerprint density at radius 2 is 2.21 bits per heavy atom. The average molecular weight is 339 g/mol. The molecule has 3 aliphatic rings. The molecule has 3 heterocycles. The molecule has 1 spiro atoms. The van der Waals surface area contributed by atoms with Crippen molar-refractivity contribution < 1.29 is 23.9 Å².